The molecular formula is C10H7NO4. The molecule has 0 fully saturated rings. The molecule has 0 unspecified atom stereocenters. The lowest BCUT2D eigenvalue weighted by Gasteiger charge is -2.07. The summed E-state index contributed by atoms with van der Waals surface area (Å²) in [6.45, 7) is 0. The minimum absolute atomic E-state index is 0.0110. The minimum atomic E-state index is -1.05. The van der Waals surface area contributed by atoms with E-state index in [-0.39, 0.29) is 5.69 Å². The molecule has 0 bridgehead atoms. The van der Waals surface area contributed by atoms with Gasteiger partial charge >= 0.3 is 5.97 Å². The number of carboxylic acids is 1. The van der Waals surface area contributed by atoms with Crippen LogP contribution in [0.3, 0.4) is 0 Å². The predicted molar refractivity (Wildman–Crippen MR) is 48.6 cm³/mol. The second kappa shape index (κ2) is 2.73. The quantitative estimate of drug-likeness (QED) is 0.767. The minimum Gasteiger partial charge on any atom is -0.476 e. The highest BCUT2D eigenvalue weighted by Gasteiger charge is 2.28. The summed E-state index contributed by atoms with van der Waals surface area (Å²) in [6, 6.07) is 1.77. The van der Waals surface area contributed by atoms with Crippen molar-refractivity contribution < 1.29 is 18.8 Å². The van der Waals surface area contributed by atoms with Crippen molar-refractivity contribution in [3.05, 3.63) is 29.3 Å². The van der Waals surface area contributed by atoms with Crippen LogP contribution >= 0.6 is 0 Å². The maximum Gasteiger partial charge on any atom is 0.358 e. The second-order valence-electron chi connectivity index (χ2n) is 3.40. The Labute approximate surface area is 84.3 Å². The Morgan fingerprint density at radius 1 is 1.47 bits per heavy atom. The third-order valence-corrected chi connectivity index (χ3v) is 2.58. The van der Waals surface area contributed by atoms with Crippen LogP contribution in [-0.4, -0.2) is 16.2 Å². The van der Waals surface area contributed by atoms with Crippen molar-refractivity contribution in [3.63, 3.8) is 0 Å². The summed E-state index contributed by atoms with van der Waals surface area (Å²) in [5, 5.41) is 12.4. The third-order valence-electron chi connectivity index (χ3n) is 2.58. The molecule has 2 heterocycles. The van der Waals surface area contributed by atoms with Gasteiger partial charge in [-0.2, -0.15) is 0 Å². The number of aromatic carboxylic acids is 1. The fourth-order valence-electron chi connectivity index (χ4n) is 1.90. The number of fused-ring (bicyclic) bond motifs is 3. The number of hydrogen-bond acceptors (Lipinski definition) is 4. The Morgan fingerprint density at radius 2 is 2.33 bits per heavy atom. The summed E-state index contributed by atoms with van der Waals surface area (Å²) in [5.41, 5.74) is 1.49. The van der Waals surface area contributed by atoms with Crippen molar-refractivity contribution in [1.82, 2.24) is 5.16 Å². The van der Waals surface area contributed by atoms with E-state index in [1.165, 1.54) is 0 Å². The van der Waals surface area contributed by atoms with Crippen LogP contribution in [0.5, 0.6) is 0 Å². The first kappa shape index (κ1) is 8.28. The highest BCUT2D eigenvalue weighted by atomic mass is 16.5. The molecule has 2 aromatic rings. The van der Waals surface area contributed by atoms with E-state index in [0.717, 1.165) is 11.3 Å². The molecule has 0 amide bonds. The summed E-state index contributed by atoms with van der Waals surface area (Å²) in [6.07, 6.45) is 2.86. The van der Waals surface area contributed by atoms with Crippen LogP contribution in [0.25, 0.3) is 11.3 Å². The van der Waals surface area contributed by atoms with Gasteiger partial charge in [0.25, 0.3) is 0 Å². The van der Waals surface area contributed by atoms with E-state index in [4.69, 9.17) is 14.0 Å². The van der Waals surface area contributed by atoms with Crippen LogP contribution in [0.4, 0.5) is 0 Å². The molecule has 0 aliphatic heterocycles. The van der Waals surface area contributed by atoms with Crippen molar-refractivity contribution in [2.45, 2.75) is 12.8 Å². The Bertz CT molecular complexity index is 537. The number of aryl methyl sites for hydroxylation is 1. The molecule has 5 heteroatoms. The molecule has 15 heavy (non-hydrogen) atoms. The molecule has 2 aromatic heterocycles. The number of furan rings is 1. The molecule has 1 aliphatic carbocycles. The Hall–Kier alpha value is -2.04. The van der Waals surface area contributed by atoms with Crippen LogP contribution in [0, 0.1) is 0 Å². The predicted octanol–water partition coefficient (Wildman–Crippen LogP) is 1.73. The van der Waals surface area contributed by atoms with Gasteiger partial charge in [0.05, 0.1) is 11.8 Å². The number of aromatic nitrogens is 1. The smallest absolute Gasteiger partial charge is 0.358 e. The summed E-state index contributed by atoms with van der Waals surface area (Å²) in [5.74, 6) is 0.310. The van der Waals surface area contributed by atoms with Gasteiger partial charge in [-0.1, -0.05) is 5.16 Å². The first-order valence-electron chi connectivity index (χ1n) is 4.56. The first-order valence-corrected chi connectivity index (χ1v) is 4.56. The largest absolute Gasteiger partial charge is 0.476 e. The highest BCUT2D eigenvalue weighted by molar-refractivity contribution is 5.89. The van der Waals surface area contributed by atoms with E-state index in [1.54, 1.807) is 12.3 Å². The SMILES string of the molecule is O=C(O)c1noc2c1CCc1occc1-2. The van der Waals surface area contributed by atoms with Crippen LogP contribution in [0.15, 0.2) is 21.3 Å². The van der Waals surface area contributed by atoms with Gasteiger partial charge in [0.2, 0.25) is 0 Å². The van der Waals surface area contributed by atoms with Gasteiger partial charge in [-0.3, -0.25) is 0 Å². The van der Waals surface area contributed by atoms with Gasteiger partial charge < -0.3 is 14.0 Å². The van der Waals surface area contributed by atoms with E-state index in [1.807, 2.05) is 0 Å². The van der Waals surface area contributed by atoms with Crippen LogP contribution in [-0.2, 0) is 12.8 Å². The summed E-state index contributed by atoms with van der Waals surface area (Å²) in [4.78, 5) is 10.8. The fraction of sp³-hybridized carbons (Fsp3) is 0.200. The molecule has 5 nitrogen and oxygen atoms in total. The maximum absolute atomic E-state index is 10.8. The number of hydrogen-bond donors (Lipinski definition) is 1. The van der Waals surface area contributed by atoms with Crippen LogP contribution in [0.1, 0.15) is 21.8 Å². The van der Waals surface area contributed by atoms with E-state index >= 15 is 0 Å². The zero-order valence-corrected chi connectivity index (χ0v) is 7.69. The standard InChI is InChI=1S/C10H7NO4/c12-10(13)8-6-1-2-7-5(3-4-14-7)9(6)15-11-8/h3-4H,1-2H2,(H,12,13). The van der Waals surface area contributed by atoms with Crippen LogP contribution < -0.4 is 0 Å². The monoisotopic (exact) mass is 205 g/mol. The number of nitrogens with zero attached hydrogens (tertiary/aromatic N) is 1. The lowest BCUT2D eigenvalue weighted by Crippen LogP contribution is -2.06. The van der Waals surface area contributed by atoms with Gasteiger partial charge in [-0.25, -0.2) is 4.79 Å². The summed E-state index contributed by atoms with van der Waals surface area (Å²) in [7, 11) is 0. The zero-order chi connectivity index (χ0) is 10.4. The van der Waals surface area contributed by atoms with Gasteiger partial charge in [-0.15, -0.1) is 0 Å². The van der Waals surface area contributed by atoms with Crippen molar-refractivity contribution >= 4 is 5.97 Å². The summed E-state index contributed by atoms with van der Waals surface area (Å²) < 4.78 is 10.3. The highest BCUT2D eigenvalue weighted by Crippen LogP contribution is 2.35. The van der Waals surface area contributed by atoms with E-state index < -0.39 is 5.97 Å². The molecular weight excluding hydrogens is 198 g/mol. The molecule has 0 spiro atoms. The maximum atomic E-state index is 10.8. The third kappa shape index (κ3) is 1.03. The van der Waals surface area contributed by atoms with Crippen molar-refractivity contribution in [1.29, 1.82) is 0 Å². The van der Waals surface area contributed by atoms with Crippen molar-refractivity contribution in [2.24, 2.45) is 0 Å². The Balaban J connectivity index is 2.23. The summed E-state index contributed by atoms with van der Waals surface area (Å²) >= 11 is 0. The number of rotatable bonds is 1. The lowest BCUT2D eigenvalue weighted by atomic mass is 9.95. The van der Waals surface area contributed by atoms with Crippen LogP contribution in [0.2, 0.25) is 0 Å². The number of carbonyl (C=O) groups is 1. The van der Waals surface area contributed by atoms with Crippen molar-refractivity contribution in [3.8, 4) is 11.3 Å². The van der Waals surface area contributed by atoms with E-state index in [9.17, 15) is 4.79 Å². The average Bonchev–Trinajstić information content (AvgIpc) is 2.82. The molecule has 3 rings (SSSR count). The second-order valence-corrected chi connectivity index (χ2v) is 3.40. The van der Waals surface area contributed by atoms with Crippen molar-refractivity contribution in [2.75, 3.05) is 0 Å². The Morgan fingerprint density at radius 3 is 3.13 bits per heavy atom. The van der Waals surface area contributed by atoms with Gasteiger partial charge in [-0.05, 0) is 12.5 Å². The molecule has 76 valence electrons. The first-order chi connectivity index (χ1) is 7.27. The average molecular weight is 205 g/mol. The Kier molecular flexibility index (Phi) is 1.50. The molecule has 0 saturated carbocycles. The molecule has 0 aromatic carbocycles. The molecule has 1 aliphatic rings. The topological polar surface area (TPSA) is 76.5 Å². The number of carboxylic acid groups (broad SMARTS) is 1. The van der Waals surface area contributed by atoms with Gasteiger partial charge in [0.15, 0.2) is 11.5 Å². The molecule has 0 atom stereocenters. The van der Waals surface area contributed by atoms with Gasteiger partial charge in [0, 0.05) is 12.0 Å². The molecule has 0 saturated heterocycles. The zero-order valence-electron chi connectivity index (χ0n) is 7.69. The normalized spacial score (nSPS) is 13.3. The van der Waals surface area contributed by atoms with E-state index in [0.29, 0.717) is 24.2 Å². The lowest BCUT2D eigenvalue weighted by molar-refractivity contribution is 0.0684. The van der Waals surface area contributed by atoms with Gasteiger partial charge in [0.1, 0.15) is 5.76 Å². The molecule has 0 radical (unpaired) electrons. The fourth-order valence-corrected chi connectivity index (χ4v) is 1.90. The van der Waals surface area contributed by atoms with E-state index in [2.05, 4.69) is 5.16 Å². The molecule has 1 N–H and O–H groups in total.